The van der Waals surface area contributed by atoms with Gasteiger partial charge in [0.1, 0.15) is 0 Å². The molecule has 1 aromatic rings. The van der Waals surface area contributed by atoms with Gasteiger partial charge in [-0.15, -0.1) is 0 Å². The maximum atomic E-state index is 11.9. The van der Waals surface area contributed by atoms with Crippen molar-refractivity contribution in [3.8, 4) is 0 Å². The molecule has 0 heterocycles. The molecule has 17 heavy (non-hydrogen) atoms. The maximum absolute atomic E-state index is 11.9. The van der Waals surface area contributed by atoms with E-state index in [-0.39, 0.29) is 5.78 Å². The van der Waals surface area contributed by atoms with Gasteiger partial charge in [0.05, 0.1) is 0 Å². The van der Waals surface area contributed by atoms with E-state index in [1.807, 2.05) is 31.2 Å². The van der Waals surface area contributed by atoms with Crippen LogP contribution in [0.2, 0.25) is 0 Å². The minimum Gasteiger partial charge on any atom is -0.371 e. The number of hydrogen-bond donors (Lipinski definition) is 0. The fraction of sp³-hybridized carbons (Fsp3) is 0.533. The molecule has 0 fully saturated rings. The highest BCUT2D eigenvalue weighted by atomic mass is 16.1. The standard InChI is InChI=1S/C15H23NO/c1-5-9-12(3)16(4)14-11-8-7-10-13(14)15(17)6-2/h7-8,10-12H,5-6,9H2,1-4H3. The van der Waals surface area contributed by atoms with Gasteiger partial charge < -0.3 is 4.90 Å². The molecule has 0 aliphatic rings. The zero-order valence-electron chi connectivity index (χ0n) is 11.4. The summed E-state index contributed by atoms with van der Waals surface area (Å²) in [5, 5.41) is 0. The summed E-state index contributed by atoms with van der Waals surface area (Å²) in [6.07, 6.45) is 2.87. The van der Waals surface area contributed by atoms with Crippen LogP contribution in [0.3, 0.4) is 0 Å². The lowest BCUT2D eigenvalue weighted by Crippen LogP contribution is -2.29. The van der Waals surface area contributed by atoms with Crippen molar-refractivity contribution in [3.63, 3.8) is 0 Å². The molecule has 0 N–H and O–H groups in total. The minimum atomic E-state index is 0.219. The van der Waals surface area contributed by atoms with E-state index in [2.05, 4.69) is 25.8 Å². The number of rotatable bonds is 6. The summed E-state index contributed by atoms with van der Waals surface area (Å²) in [7, 11) is 2.07. The predicted octanol–water partition coefficient (Wildman–Crippen LogP) is 3.90. The Morgan fingerprint density at radius 2 is 1.94 bits per heavy atom. The highest BCUT2D eigenvalue weighted by Crippen LogP contribution is 2.23. The molecule has 0 amide bonds. The third-order valence-electron chi connectivity index (χ3n) is 3.27. The zero-order valence-corrected chi connectivity index (χ0v) is 11.4. The average molecular weight is 233 g/mol. The minimum absolute atomic E-state index is 0.219. The van der Waals surface area contributed by atoms with Gasteiger partial charge >= 0.3 is 0 Å². The normalized spacial score (nSPS) is 12.2. The van der Waals surface area contributed by atoms with Gasteiger partial charge in [0.25, 0.3) is 0 Å². The molecule has 0 spiro atoms. The van der Waals surface area contributed by atoms with Gasteiger partial charge in [-0.3, -0.25) is 4.79 Å². The van der Waals surface area contributed by atoms with E-state index >= 15 is 0 Å². The molecule has 2 heteroatoms. The first kappa shape index (κ1) is 13.8. The molecule has 1 atom stereocenters. The van der Waals surface area contributed by atoms with Crippen molar-refractivity contribution in [3.05, 3.63) is 29.8 Å². The fourth-order valence-electron chi connectivity index (χ4n) is 2.06. The second kappa shape index (κ2) is 6.43. The zero-order chi connectivity index (χ0) is 12.8. The van der Waals surface area contributed by atoms with Gasteiger partial charge in [-0.05, 0) is 25.5 Å². The molecule has 94 valence electrons. The van der Waals surface area contributed by atoms with Crippen LogP contribution in [0.25, 0.3) is 0 Å². The first-order valence-corrected chi connectivity index (χ1v) is 6.46. The monoisotopic (exact) mass is 233 g/mol. The summed E-state index contributed by atoms with van der Waals surface area (Å²) in [5.41, 5.74) is 1.90. The Kier molecular flexibility index (Phi) is 5.20. The van der Waals surface area contributed by atoms with E-state index in [0.717, 1.165) is 24.1 Å². The van der Waals surface area contributed by atoms with Crippen molar-refractivity contribution in [2.24, 2.45) is 0 Å². The van der Waals surface area contributed by atoms with E-state index in [4.69, 9.17) is 0 Å². The van der Waals surface area contributed by atoms with E-state index in [1.54, 1.807) is 0 Å². The molecule has 1 aromatic carbocycles. The van der Waals surface area contributed by atoms with E-state index < -0.39 is 0 Å². The molecule has 0 bridgehead atoms. The van der Waals surface area contributed by atoms with Crippen LogP contribution < -0.4 is 4.90 Å². The van der Waals surface area contributed by atoms with Crippen LogP contribution in [-0.4, -0.2) is 18.9 Å². The first-order chi connectivity index (χ1) is 8.11. The lowest BCUT2D eigenvalue weighted by molar-refractivity contribution is 0.0988. The van der Waals surface area contributed by atoms with Crippen LogP contribution >= 0.6 is 0 Å². The molecule has 0 saturated heterocycles. The second-order valence-corrected chi connectivity index (χ2v) is 4.54. The summed E-state index contributed by atoms with van der Waals surface area (Å²) in [6.45, 7) is 6.30. The maximum Gasteiger partial charge on any atom is 0.164 e. The van der Waals surface area contributed by atoms with E-state index in [9.17, 15) is 4.79 Å². The number of hydrogen-bond acceptors (Lipinski definition) is 2. The van der Waals surface area contributed by atoms with Crippen LogP contribution in [0, 0.1) is 0 Å². The number of anilines is 1. The smallest absolute Gasteiger partial charge is 0.164 e. The number of carbonyl (C=O) groups excluding carboxylic acids is 1. The molecule has 0 radical (unpaired) electrons. The first-order valence-electron chi connectivity index (χ1n) is 6.46. The Bertz CT molecular complexity index is 373. The van der Waals surface area contributed by atoms with Gasteiger partial charge in [0.2, 0.25) is 0 Å². The van der Waals surface area contributed by atoms with Crippen molar-refractivity contribution in [1.82, 2.24) is 0 Å². The molecule has 0 aliphatic carbocycles. The number of carbonyl (C=O) groups is 1. The summed E-state index contributed by atoms with van der Waals surface area (Å²) in [5.74, 6) is 0.219. The molecular formula is C15H23NO. The predicted molar refractivity (Wildman–Crippen MR) is 73.8 cm³/mol. The Hall–Kier alpha value is -1.31. The summed E-state index contributed by atoms with van der Waals surface area (Å²) >= 11 is 0. The number of para-hydroxylation sites is 1. The third-order valence-corrected chi connectivity index (χ3v) is 3.27. The van der Waals surface area contributed by atoms with E-state index in [1.165, 1.54) is 0 Å². The van der Waals surface area contributed by atoms with Crippen molar-refractivity contribution < 1.29 is 4.79 Å². The Balaban J connectivity index is 3.00. The van der Waals surface area contributed by atoms with E-state index in [0.29, 0.717) is 12.5 Å². The van der Waals surface area contributed by atoms with Crippen molar-refractivity contribution in [2.75, 3.05) is 11.9 Å². The second-order valence-electron chi connectivity index (χ2n) is 4.54. The van der Waals surface area contributed by atoms with Crippen molar-refractivity contribution in [1.29, 1.82) is 0 Å². The summed E-state index contributed by atoms with van der Waals surface area (Å²) in [6, 6.07) is 8.36. The molecule has 2 nitrogen and oxygen atoms in total. The van der Waals surface area contributed by atoms with Gasteiger partial charge in [0, 0.05) is 30.8 Å². The van der Waals surface area contributed by atoms with Gasteiger partial charge in [-0.25, -0.2) is 0 Å². The number of Topliss-reactive ketones (excluding diaryl/α,β-unsaturated/α-hetero) is 1. The van der Waals surface area contributed by atoms with Crippen LogP contribution in [0.4, 0.5) is 5.69 Å². The highest BCUT2D eigenvalue weighted by Gasteiger charge is 2.15. The number of nitrogens with zero attached hydrogens (tertiary/aromatic N) is 1. The lowest BCUT2D eigenvalue weighted by Gasteiger charge is -2.28. The SMILES string of the molecule is CCCC(C)N(C)c1ccccc1C(=O)CC. The van der Waals surface area contributed by atoms with Crippen LogP contribution in [0.15, 0.2) is 24.3 Å². The molecular weight excluding hydrogens is 210 g/mol. The van der Waals surface area contributed by atoms with Crippen LogP contribution in [0.1, 0.15) is 50.4 Å². The van der Waals surface area contributed by atoms with Crippen molar-refractivity contribution in [2.45, 2.75) is 46.1 Å². The fourth-order valence-corrected chi connectivity index (χ4v) is 2.06. The Labute approximate surface area is 105 Å². The van der Waals surface area contributed by atoms with Gasteiger partial charge in [0.15, 0.2) is 5.78 Å². The summed E-state index contributed by atoms with van der Waals surface area (Å²) < 4.78 is 0. The molecule has 1 unspecified atom stereocenters. The Morgan fingerprint density at radius 3 is 2.53 bits per heavy atom. The van der Waals surface area contributed by atoms with Crippen molar-refractivity contribution >= 4 is 11.5 Å². The molecule has 0 aliphatic heterocycles. The number of benzene rings is 1. The Morgan fingerprint density at radius 1 is 1.29 bits per heavy atom. The highest BCUT2D eigenvalue weighted by molar-refractivity contribution is 6.01. The number of ketones is 1. The van der Waals surface area contributed by atoms with Gasteiger partial charge in [-0.2, -0.15) is 0 Å². The average Bonchev–Trinajstić information content (AvgIpc) is 2.37. The third kappa shape index (κ3) is 3.32. The quantitative estimate of drug-likeness (QED) is 0.694. The lowest BCUT2D eigenvalue weighted by atomic mass is 10.0. The summed E-state index contributed by atoms with van der Waals surface area (Å²) in [4.78, 5) is 14.1. The largest absolute Gasteiger partial charge is 0.371 e. The van der Waals surface area contributed by atoms with Gasteiger partial charge in [-0.1, -0.05) is 32.4 Å². The van der Waals surface area contributed by atoms with Crippen LogP contribution in [0.5, 0.6) is 0 Å². The molecule has 0 saturated carbocycles. The molecule has 0 aromatic heterocycles. The topological polar surface area (TPSA) is 20.3 Å². The van der Waals surface area contributed by atoms with Crippen LogP contribution in [-0.2, 0) is 0 Å². The molecule has 1 rings (SSSR count).